The number of hydrogen-bond acceptors (Lipinski definition) is 1. The standard InChI is InChI=1S/C14H18FN/c15-13(6-1-7-13)10-11-2-4-12(5-3-11)14(16)8-9-14/h2-5H,1,6-10,16H2. The topological polar surface area (TPSA) is 26.0 Å². The van der Waals surface area contributed by atoms with Gasteiger partial charge in [0.2, 0.25) is 0 Å². The van der Waals surface area contributed by atoms with Gasteiger partial charge >= 0.3 is 0 Å². The number of rotatable bonds is 3. The highest BCUT2D eigenvalue weighted by Gasteiger charge is 2.40. The quantitative estimate of drug-likeness (QED) is 0.830. The minimum atomic E-state index is -0.915. The molecule has 2 saturated carbocycles. The van der Waals surface area contributed by atoms with Crippen LogP contribution in [-0.2, 0) is 12.0 Å². The number of halogens is 1. The number of alkyl halides is 1. The Hall–Kier alpha value is -0.890. The van der Waals surface area contributed by atoms with Gasteiger partial charge in [0.25, 0.3) is 0 Å². The summed E-state index contributed by atoms with van der Waals surface area (Å²) in [5.41, 5.74) is 7.44. The third-order valence-corrected chi connectivity index (χ3v) is 4.09. The lowest BCUT2D eigenvalue weighted by Crippen LogP contribution is -2.34. The number of benzene rings is 1. The smallest absolute Gasteiger partial charge is 0.115 e. The van der Waals surface area contributed by atoms with Crippen LogP contribution in [0.2, 0.25) is 0 Å². The van der Waals surface area contributed by atoms with Crippen LogP contribution in [0.1, 0.15) is 43.2 Å². The average molecular weight is 219 g/mol. The summed E-state index contributed by atoms with van der Waals surface area (Å²) in [6.07, 6.45) is 5.25. The molecule has 0 heterocycles. The van der Waals surface area contributed by atoms with Crippen molar-refractivity contribution in [2.45, 2.75) is 49.7 Å². The summed E-state index contributed by atoms with van der Waals surface area (Å²) < 4.78 is 13.9. The molecule has 0 saturated heterocycles. The van der Waals surface area contributed by atoms with E-state index in [0.717, 1.165) is 37.7 Å². The van der Waals surface area contributed by atoms with Crippen molar-refractivity contribution >= 4 is 0 Å². The zero-order valence-electron chi connectivity index (χ0n) is 9.51. The van der Waals surface area contributed by atoms with Crippen LogP contribution < -0.4 is 5.73 Å². The molecule has 2 fully saturated rings. The van der Waals surface area contributed by atoms with Crippen molar-refractivity contribution in [3.8, 4) is 0 Å². The van der Waals surface area contributed by atoms with Gasteiger partial charge < -0.3 is 5.73 Å². The first-order chi connectivity index (χ1) is 7.60. The van der Waals surface area contributed by atoms with Gasteiger partial charge in [0, 0.05) is 12.0 Å². The first-order valence-corrected chi connectivity index (χ1v) is 6.17. The van der Waals surface area contributed by atoms with Crippen molar-refractivity contribution in [3.63, 3.8) is 0 Å². The van der Waals surface area contributed by atoms with Gasteiger partial charge in [-0.2, -0.15) is 0 Å². The average Bonchev–Trinajstić information content (AvgIpc) is 2.96. The Bertz CT molecular complexity index is 388. The van der Waals surface area contributed by atoms with Crippen LogP contribution >= 0.6 is 0 Å². The molecular weight excluding hydrogens is 201 g/mol. The maximum absolute atomic E-state index is 13.9. The minimum absolute atomic E-state index is 0.0671. The number of nitrogens with two attached hydrogens (primary N) is 1. The van der Waals surface area contributed by atoms with Crippen LogP contribution in [0.5, 0.6) is 0 Å². The lowest BCUT2D eigenvalue weighted by atomic mass is 9.77. The van der Waals surface area contributed by atoms with Gasteiger partial charge in [0.1, 0.15) is 5.67 Å². The van der Waals surface area contributed by atoms with Crippen LogP contribution in [0.3, 0.4) is 0 Å². The molecular formula is C14H18FN. The fourth-order valence-electron chi connectivity index (χ4n) is 2.48. The summed E-state index contributed by atoms with van der Waals surface area (Å²) in [5.74, 6) is 0. The molecule has 16 heavy (non-hydrogen) atoms. The maximum Gasteiger partial charge on any atom is 0.115 e. The summed E-state index contributed by atoms with van der Waals surface area (Å²) in [7, 11) is 0. The fourth-order valence-corrected chi connectivity index (χ4v) is 2.48. The van der Waals surface area contributed by atoms with Crippen LogP contribution in [-0.4, -0.2) is 5.67 Å². The van der Waals surface area contributed by atoms with Gasteiger partial charge in [0.15, 0.2) is 0 Å². The highest BCUT2D eigenvalue weighted by molar-refractivity contribution is 5.32. The third kappa shape index (κ3) is 1.75. The predicted octanol–water partition coefficient (Wildman–Crippen LogP) is 3.07. The molecule has 2 aliphatic rings. The Labute approximate surface area is 95.8 Å². The summed E-state index contributed by atoms with van der Waals surface area (Å²) in [6, 6.07) is 8.23. The summed E-state index contributed by atoms with van der Waals surface area (Å²) >= 11 is 0. The molecule has 2 heteroatoms. The molecule has 0 amide bonds. The van der Waals surface area contributed by atoms with E-state index in [1.165, 1.54) is 5.56 Å². The molecule has 0 radical (unpaired) electrons. The van der Waals surface area contributed by atoms with Crippen molar-refractivity contribution in [2.24, 2.45) is 5.73 Å². The second-order valence-corrected chi connectivity index (χ2v) is 5.53. The van der Waals surface area contributed by atoms with E-state index in [1.807, 2.05) is 12.1 Å². The molecule has 1 nitrogen and oxygen atoms in total. The first-order valence-electron chi connectivity index (χ1n) is 6.17. The first kappa shape index (κ1) is 10.3. The summed E-state index contributed by atoms with van der Waals surface area (Å²) in [5, 5.41) is 0. The SMILES string of the molecule is NC1(c2ccc(CC3(F)CCC3)cc2)CC1. The largest absolute Gasteiger partial charge is 0.321 e. The number of hydrogen-bond donors (Lipinski definition) is 1. The predicted molar refractivity (Wildman–Crippen MR) is 62.9 cm³/mol. The fraction of sp³-hybridized carbons (Fsp3) is 0.571. The molecule has 0 aromatic heterocycles. The van der Waals surface area contributed by atoms with E-state index in [-0.39, 0.29) is 5.54 Å². The molecule has 2 N–H and O–H groups in total. The van der Waals surface area contributed by atoms with Gasteiger partial charge in [-0.05, 0) is 43.2 Å². The lowest BCUT2D eigenvalue weighted by molar-refractivity contribution is 0.0641. The van der Waals surface area contributed by atoms with E-state index in [2.05, 4.69) is 12.1 Å². The molecule has 0 aliphatic heterocycles. The molecule has 0 spiro atoms. The molecule has 1 aromatic carbocycles. The van der Waals surface area contributed by atoms with Crippen LogP contribution in [0.25, 0.3) is 0 Å². The van der Waals surface area contributed by atoms with E-state index >= 15 is 0 Å². The second kappa shape index (κ2) is 3.30. The second-order valence-electron chi connectivity index (χ2n) is 5.53. The molecule has 1 aromatic rings. The molecule has 86 valence electrons. The van der Waals surface area contributed by atoms with E-state index in [0.29, 0.717) is 6.42 Å². The van der Waals surface area contributed by atoms with Crippen molar-refractivity contribution in [1.29, 1.82) is 0 Å². The van der Waals surface area contributed by atoms with Crippen LogP contribution in [0.4, 0.5) is 4.39 Å². The van der Waals surface area contributed by atoms with Crippen LogP contribution in [0, 0.1) is 0 Å². The van der Waals surface area contributed by atoms with E-state index in [9.17, 15) is 4.39 Å². The van der Waals surface area contributed by atoms with Crippen LogP contribution in [0.15, 0.2) is 24.3 Å². The minimum Gasteiger partial charge on any atom is -0.321 e. The Morgan fingerprint density at radius 2 is 1.69 bits per heavy atom. The molecule has 0 unspecified atom stereocenters. The zero-order valence-corrected chi connectivity index (χ0v) is 9.51. The van der Waals surface area contributed by atoms with Gasteiger partial charge in [0.05, 0.1) is 0 Å². The van der Waals surface area contributed by atoms with E-state index < -0.39 is 5.67 Å². The Morgan fingerprint density at radius 3 is 2.12 bits per heavy atom. The van der Waals surface area contributed by atoms with Gasteiger partial charge in [-0.15, -0.1) is 0 Å². The zero-order chi connectivity index (χ0) is 11.2. The summed E-state index contributed by atoms with van der Waals surface area (Å²) in [6.45, 7) is 0. The van der Waals surface area contributed by atoms with Crippen molar-refractivity contribution in [3.05, 3.63) is 35.4 Å². The van der Waals surface area contributed by atoms with Crippen molar-refractivity contribution in [1.82, 2.24) is 0 Å². The monoisotopic (exact) mass is 219 g/mol. The van der Waals surface area contributed by atoms with E-state index in [4.69, 9.17) is 5.73 Å². The molecule has 3 rings (SSSR count). The molecule has 0 atom stereocenters. The van der Waals surface area contributed by atoms with Crippen molar-refractivity contribution in [2.75, 3.05) is 0 Å². The summed E-state index contributed by atoms with van der Waals surface area (Å²) in [4.78, 5) is 0. The van der Waals surface area contributed by atoms with Gasteiger partial charge in [-0.1, -0.05) is 24.3 Å². The maximum atomic E-state index is 13.9. The Morgan fingerprint density at radius 1 is 1.06 bits per heavy atom. The Kier molecular flexibility index (Phi) is 2.12. The highest BCUT2D eigenvalue weighted by Crippen LogP contribution is 2.43. The molecule has 2 aliphatic carbocycles. The third-order valence-electron chi connectivity index (χ3n) is 4.09. The van der Waals surface area contributed by atoms with Gasteiger partial charge in [-0.25, -0.2) is 4.39 Å². The normalized spacial score (nSPS) is 24.9. The Balaban J connectivity index is 1.72. The van der Waals surface area contributed by atoms with Gasteiger partial charge in [-0.3, -0.25) is 0 Å². The highest BCUT2D eigenvalue weighted by atomic mass is 19.1. The van der Waals surface area contributed by atoms with E-state index in [1.54, 1.807) is 0 Å². The van der Waals surface area contributed by atoms with Crippen molar-refractivity contribution < 1.29 is 4.39 Å². The molecule has 0 bridgehead atoms. The lowest BCUT2D eigenvalue weighted by Gasteiger charge is -2.33.